The summed E-state index contributed by atoms with van der Waals surface area (Å²) in [5.41, 5.74) is 0. The molecule has 0 aliphatic rings. The fraction of sp³-hybridized carbons (Fsp3) is 0.800. The zero-order valence-corrected chi connectivity index (χ0v) is 15.3. The van der Waals surface area contributed by atoms with E-state index in [9.17, 15) is 10.2 Å². The molecule has 0 saturated carbocycles. The molecule has 0 aromatic rings. The number of allylic oxidation sites excluding steroid dienone is 2. The minimum atomic E-state index is -0.185. The number of ether oxygens (including phenoxy) is 1. The molecule has 0 radical (unpaired) electrons. The third kappa shape index (κ3) is 17.5. The highest BCUT2D eigenvalue weighted by Gasteiger charge is 2.02. The van der Waals surface area contributed by atoms with Gasteiger partial charge in [-0.25, -0.2) is 0 Å². The molecule has 0 heterocycles. The molecule has 136 valence electrons. The van der Waals surface area contributed by atoms with Crippen LogP contribution in [0.15, 0.2) is 24.3 Å². The molecule has 0 aromatic carbocycles. The molecule has 0 rings (SSSR count). The van der Waals surface area contributed by atoms with Gasteiger partial charge in [0.1, 0.15) is 0 Å². The van der Waals surface area contributed by atoms with Gasteiger partial charge in [-0.05, 0) is 52.4 Å². The van der Waals surface area contributed by atoms with E-state index >= 15 is 0 Å². The van der Waals surface area contributed by atoms with Crippen LogP contribution in [0.3, 0.4) is 0 Å². The first-order valence-electron chi connectivity index (χ1n) is 9.36. The summed E-state index contributed by atoms with van der Waals surface area (Å²) in [6.45, 7) is 5.62. The summed E-state index contributed by atoms with van der Waals surface area (Å²) < 4.78 is 5.63. The summed E-state index contributed by atoms with van der Waals surface area (Å²) in [6.07, 6.45) is 17.5. The monoisotopic (exact) mass is 326 g/mol. The van der Waals surface area contributed by atoms with Gasteiger partial charge < -0.3 is 14.9 Å². The second-order valence-electron chi connectivity index (χ2n) is 6.23. The van der Waals surface area contributed by atoms with Gasteiger partial charge in [-0.3, -0.25) is 0 Å². The first-order chi connectivity index (χ1) is 11.2. The molecule has 0 spiro atoms. The van der Waals surface area contributed by atoms with Gasteiger partial charge >= 0.3 is 0 Å². The van der Waals surface area contributed by atoms with E-state index in [0.717, 1.165) is 77.4 Å². The van der Waals surface area contributed by atoms with Crippen molar-refractivity contribution in [1.29, 1.82) is 0 Å². The minimum Gasteiger partial charge on any atom is -0.393 e. The van der Waals surface area contributed by atoms with Crippen molar-refractivity contribution in [1.82, 2.24) is 0 Å². The topological polar surface area (TPSA) is 49.7 Å². The highest BCUT2D eigenvalue weighted by atomic mass is 16.5. The maximum absolute atomic E-state index is 9.69. The summed E-state index contributed by atoms with van der Waals surface area (Å²) in [6, 6.07) is 0. The third-order valence-corrected chi connectivity index (χ3v) is 3.94. The second kappa shape index (κ2) is 17.7. The van der Waals surface area contributed by atoms with Crippen LogP contribution < -0.4 is 0 Å². The van der Waals surface area contributed by atoms with Gasteiger partial charge in [-0.2, -0.15) is 0 Å². The zero-order valence-electron chi connectivity index (χ0n) is 15.3. The van der Waals surface area contributed by atoms with E-state index in [0.29, 0.717) is 0 Å². The molecular weight excluding hydrogens is 288 g/mol. The van der Waals surface area contributed by atoms with Crippen LogP contribution in [0.4, 0.5) is 0 Å². The van der Waals surface area contributed by atoms with Gasteiger partial charge in [0.25, 0.3) is 0 Å². The Labute approximate surface area is 143 Å². The average molecular weight is 327 g/mol. The van der Waals surface area contributed by atoms with Crippen LogP contribution in [0.25, 0.3) is 0 Å². The fourth-order valence-electron chi connectivity index (χ4n) is 2.45. The van der Waals surface area contributed by atoms with Crippen molar-refractivity contribution >= 4 is 0 Å². The normalized spacial score (nSPS) is 14.8. The molecule has 0 aromatic heterocycles. The van der Waals surface area contributed by atoms with Gasteiger partial charge in [0.15, 0.2) is 0 Å². The highest BCUT2D eigenvalue weighted by molar-refractivity contribution is 4.80. The molecule has 23 heavy (non-hydrogen) atoms. The number of aliphatic hydroxyl groups is 2. The standard InChI is InChI=1S/C20H38O3/c1-3-5-13-19(21)15-9-7-11-17-23-18-12-8-10-16-20(22)14-6-4-2/h3-6,19-22H,7-18H2,1-2H3. The third-order valence-electron chi connectivity index (χ3n) is 3.94. The van der Waals surface area contributed by atoms with Crippen molar-refractivity contribution in [3.8, 4) is 0 Å². The summed E-state index contributed by atoms with van der Waals surface area (Å²) in [5, 5.41) is 19.4. The lowest BCUT2D eigenvalue weighted by Crippen LogP contribution is -2.05. The SMILES string of the molecule is CC=CCC(O)CCCCCOCCCCCC(O)CC=CC. The van der Waals surface area contributed by atoms with Crippen LogP contribution in [0.1, 0.15) is 78.1 Å². The Kier molecular flexibility index (Phi) is 17.2. The Hall–Kier alpha value is -0.640. The van der Waals surface area contributed by atoms with E-state index in [1.807, 2.05) is 38.2 Å². The van der Waals surface area contributed by atoms with E-state index in [1.54, 1.807) is 0 Å². The van der Waals surface area contributed by atoms with Gasteiger partial charge in [0.2, 0.25) is 0 Å². The highest BCUT2D eigenvalue weighted by Crippen LogP contribution is 2.09. The van der Waals surface area contributed by atoms with E-state index in [2.05, 4.69) is 0 Å². The molecule has 2 unspecified atom stereocenters. The molecule has 3 heteroatoms. The first kappa shape index (κ1) is 22.4. The van der Waals surface area contributed by atoms with E-state index < -0.39 is 0 Å². The molecule has 0 aliphatic heterocycles. The summed E-state index contributed by atoms with van der Waals surface area (Å²) in [7, 11) is 0. The molecular formula is C20H38O3. The Morgan fingerprint density at radius 3 is 1.52 bits per heavy atom. The van der Waals surface area contributed by atoms with E-state index in [4.69, 9.17) is 4.74 Å². The van der Waals surface area contributed by atoms with Gasteiger partial charge in [0.05, 0.1) is 12.2 Å². The van der Waals surface area contributed by atoms with Crippen molar-refractivity contribution < 1.29 is 14.9 Å². The van der Waals surface area contributed by atoms with Crippen molar-refractivity contribution in [3.05, 3.63) is 24.3 Å². The van der Waals surface area contributed by atoms with E-state index in [-0.39, 0.29) is 12.2 Å². The largest absolute Gasteiger partial charge is 0.393 e. The number of rotatable bonds is 16. The van der Waals surface area contributed by atoms with E-state index in [1.165, 1.54) is 0 Å². The number of unbranched alkanes of at least 4 members (excludes halogenated alkanes) is 4. The minimum absolute atomic E-state index is 0.185. The average Bonchev–Trinajstić information content (AvgIpc) is 2.55. The van der Waals surface area contributed by atoms with Crippen molar-refractivity contribution in [2.45, 2.75) is 90.3 Å². The van der Waals surface area contributed by atoms with Crippen LogP contribution >= 0.6 is 0 Å². The van der Waals surface area contributed by atoms with Crippen molar-refractivity contribution in [2.75, 3.05) is 13.2 Å². The summed E-state index contributed by atoms with van der Waals surface area (Å²) in [5.74, 6) is 0. The van der Waals surface area contributed by atoms with Gasteiger partial charge in [-0.15, -0.1) is 0 Å². The molecule has 2 atom stereocenters. The van der Waals surface area contributed by atoms with Crippen LogP contribution in [-0.2, 0) is 4.74 Å². The lowest BCUT2D eigenvalue weighted by Gasteiger charge is -2.09. The van der Waals surface area contributed by atoms with Crippen LogP contribution in [0.5, 0.6) is 0 Å². The lowest BCUT2D eigenvalue weighted by atomic mass is 10.1. The van der Waals surface area contributed by atoms with Crippen LogP contribution in [0, 0.1) is 0 Å². The lowest BCUT2D eigenvalue weighted by molar-refractivity contribution is 0.120. The molecule has 2 N–H and O–H groups in total. The fourth-order valence-corrected chi connectivity index (χ4v) is 2.45. The van der Waals surface area contributed by atoms with Crippen molar-refractivity contribution in [3.63, 3.8) is 0 Å². The molecule has 0 bridgehead atoms. The molecule has 3 nitrogen and oxygen atoms in total. The Balaban J connectivity index is 3.19. The summed E-state index contributed by atoms with van der Waals surface area (Å²) >= 11 is 0. The Bertz CT molecular complexity index is 259. The number of hydrogen-bond donors (Lipinski definition) is 2. The molecule has 0 aliphatic carbocycles. The zero-order chi connectivity index (χ0) is 17.2. The smallest absolute Gasteiger partial charge is 0.0574 e. The van der Waals surface area contributed by atoms with Crippen molar-refractivity contribution in [2.24, 2.45) is 0 Å². The van der Waals surface area contributed by atoms with Crippen LogP contribution in [0.2, 0.25) is 0 Å². The Morgan fingerprint density at radius 2 is 1.13 bits per heavy atom. The van der Waals surface area contributed by atoms with Gasteiger partial charge in [0, 0.05) is 13.2 Å². The first-order valence-corrected chi connectivity index (χ1v) is 9.36. The maximum atomic E-state index is 9.69. The molecule has 0 fully saturated rings. The molecule has 0 amide bonds. The number of aliphatic hydroxyl groups excluding tert-OH is 2. The second-order valence-corrected chi connectivity index (χ2v) is 6.23. The maximum Gasteiger partial charge on any atom is 0.0574 e. The van der Waals surface area contributed by atoms with Gasteiger partial charge in [-0.1, -0.05) is 50.0 Å². The predicted octanol–water partition coefficient (Wildman–Crippen LogP) is 4.78. The van der Waals surface area contributed by atoms with Crippen LogP contribution in [-0.4, -0.2) is 35.6 Å². The Morgan fingerprint density at radius 1 is 0.696 bits per heavy atom. The molecule has 0 saturated heterocycles. The predicted molar refractivity (Wildman–Crippen MR) is 98.6 cm³/mol. The quantitative estimate of drug-likeness (QED) is 0.317. The number of hydrogen-bond acceptors (Lipinski definition) is 3. The summed E-state index contributed by atoms with van der Waals surface area (Å²) in [4.78, 5) is 0.